The van der Waals surface area contributed by atoms with Gasteiger partial charge in [0.15, 0.2) is 5.78 Å². The van der Waals surface area contributed by atoms with Crippen molar-refractivity contribution in [1.82, 2.24) is 9.80 Å². The van der Waals surface area contributed by atoms with Gasteiger partial charge >= 0.3 is 5.97 Å². The number of ketones is 1. The highest BCUT2D eigenvalue weighted by molar-refractivity contribution is 6.30. The summed E-state index contributed by atoms with van der Waals surface area (Å²) >= 11 is 6.31. The van der Waals surface area contributed by atoms with Gasteiger partial charge in [-0.15, -0.1) is 0 Å². The smallest absolute Gasteiger partial charge is 0.306 e. The maximum atomic E-state index is 15.6. The van der Waals surface area contributed by atoms with Crippen LogP contribution in [0, 0.1) is 56.7 Å². The van der Waals surface area contributed by atoms with Crippen molar-refractivity contribution in [3.8, 4) is 0 Å². The third-order valence-corrected chi connectivity index (χ3v) is 17.6. The molecule has 6 aliphatic rings. The van der Waals surface area contributed by atoms with Crippen LogP contribution in [0.2, 0.25) is 5.02 Å². The molecule has 3 fully saturated rings. The van der Waals surface area contributed by atoms with Crippen molar-refractivity contribution in [2.75, 3.05) is 27.2 Å². The number of Topliss-reactive ketones (excluding diaryl/α,β-unsaturated/α-hetero) is 1. The van der Waals surface area contributed by atoms with Gasteiger partial charge in [0.1, 0.15) is 0 Å². The minimum absolute atomic E-state index is 0.00409. The molecule has 0 aromatic heterocycles. The van der Waals surface area contributed by atoms with Crippen LogP contribution in [0.25, 0.3) is 0 Å². The van der Waals surface area contributed by atoms with Crippen LogP contribution in [-0.4, -0.2) is 59.8 Å². The number of benzene rings is 1. The molecule has 7 heteroatoms. The van der Waals surface area contributed by atoms with Crippen LogP contribution >= 0.6 is 11.6 Å². The predicted molar refractivity (Wildman–Crippen MR) is 226 cm³/mol. The Morgan fingerprint density at radius 1 is 0.875 bits per heavy atom. The highest BCUT2D eigenvalue weighted by atomic mass is 35.5. The van der Waals surface area contributed by atoms with E-state index in [1.807, 2.05) is 24.3 Å². The molecular formula is C49H69ClN2O4. The zero-order valence-electron chi connectivity index (χ0n) is 36.1. The molecule has 6 nitrogen and oxygen atoms in total. The molecule has 1 N–H and O–H groups in total. The van der Waals surface area contributed by atoms with E-state index in [-0.39, 0.29) is 57.1 Å². The summed E-state index contributed by atoms with van der Waals surface area (Å²) in [6, 6.07) is 7.75. The molecule has 1 aromatic carbocycles. The molecule has 306 valence electrons. The number of allylic oxidation sites excluding steroid dienone is 5. The van der Waals surface area contributed by atoms with Crippen LogP contribution in [0.15, 0.2) is 58.7 Å². The normalized spacial score (nSPS) is 36.9. The van der Waals surface area contributed by atoms with Gasteiger partial charge in [-0.1, -0.05) is 84.4 Å². The Hall–Kier alpha value is -2.70. The first kappa shape index (κ1) is 41.5. The molecule has 1 amide bonds. The van der Waals surface area contributed by atoms with Gasteiger partial charge in [-0.2, -0.15) is 0 Å². The number of halogens is 1. The quantitative estimate of drug-likeness (QED) is 0.270. The minimum Gasteiger partial charge on any atom is -0.481 e. The Kier molecular flexibility index (Phi) is 10.8. The Bertz CT molecular complexity index is 1860. The van der Waals surface area contributed by atoms with E-state index < -0.39 is 11.4 Å². The number of hydrogen-bond donors (Lipinski definition) is 1. The Morgan fingerprint density at radius 2 is 1.57 bits per heavy atom. The second kappa shape index (κ2) is 14.5. The first-order valence-electron chi connectivity index (χ1n) is 21.8. The highest BCUT2D eigenvalue weighted by Crippen LogP contribution is 2.77. The van der Waals surface area contributed by atoms with Crippen molar-refractivity contribution in [3.05, 3.63) is 69.3 Å². The molecular weight excluding hydrogens is 716 g/mol. The molecule has 0 bridgehead atoms. The van der Waals surface area contributed by atoms with E-state index in [0.717, 1.165) is 75.5 Å². The van der Waals surface area contributed by atoms with Crippen molar-refractivity contribution in [1.29, 1.82) is 0 Å². The van der Waals surface area contributed by atoms with Gasteiger partial charge in [-0.25, -0.2) is 0 Å². The van der Waals surface area contributed by atoms with Gasteiger partial charge in [0.05, 0.1) is 17.4 Å². The molecule has 0 spiro atoms. The lowest BCUT2D eigenvalue weighted by atomic mass is 9.33. The lowest BCUT2D eigenvalue weighted by Gasteiger charge is -2.71. The molecule has 0 saturated heterocycles. The Morgan fingerprint density at radius 3 is 2.18 bits per heavy atom. The van der Waals surface area contributed by atoms with Crippen molar-refractivity contribution in [2.45, 2.75) is 132 Å². The molecule has 0 aliphatic heterocycles. The lowest BCUT2D eigenvalue weighted by molar-refractivity contribution is -0.200. The summed E-state index contributed by atoms with van der Waals surface area (Å²) in [5.41, 5.74) is 5.47. The van der Waals surface area contributed by atoms with Gasteiger partial charge < -0.3 is 14.9 Å². The average molecular weight is 786 g/mol. The van der Waals surface area contributed by atoms with Gasteiger partial charge in [-0.05, 0) is 171 Å². The number of carboxylic acids is 1. The average Bonchev–Trinajstić information content (AvgIpc) is 3.45. The van der Waals surface area contributed by atoms with E-state index in [0.29, 0.717) is 36.2 Å². The van der Waals surface area contributed by atoms with E-state index in [9.17, 15) is 14.7 Å². The third kappa shape index (κ3) is 6.23. The largest absolute Gasteiger partial charge is 0.481 e. The minimum atomic E-state index is -0.796. The maximum absolute atomic E-state index is 15.6. The van der Waals surface area contributed by atoms with Gasteiger partial charge in [0.2, 0.25) is 5.91 Å². The number of carbonyl (C=O) groups excluding carboxylic acids is 2. The summed E-state index contributed by atoms with van der Waals surface area (Å²) in [5.74, 6) is 0.745. The van der Waals surface area contributed by atoms with E-state index >= 15 is 4.79 Å². The van der Waals surface area contributed by atoms with Crippen LogP contribution in [-0.2, 0) is 14.4 Å². The van der Waals surface area contributed by atoms with Crippen LogP contribution in [0.1, 0.15) is 138 Å². The fraction of sp³-hybridized carbons (Fsp3) is 0.694. The summed E-state index contributed by atoms with van der Waals surface area (Å²) in [4.78, 5) is 46.0. The first-order valence-corrected chi connectivity index (χ1v) is 22.2. The second-order valence-corrected chi connectivity index (χ2v) is 21.3. The summed E-state index contributed by atoms with van der Waals surface area (Å²) in [7, 11) is 4.12. The molecule has 1 aromatic rings. The number of amides is 1. The van der Waals surface area contributed by atoms with E-state index in [4.69, 9.17) is 11.6 Å². The topological polar surface area (TPSA) is 77.9 Å². The number of likely N-dealkylation sites (N-methyl/N-ethyl adjacent to an activating group) is 1. The van der Waals surface area contributed by atoms with Crippen LogP contribution in [0.3, 0.4) is 0 Å². The summed E-state index contributed by atoms with van der Waals surface area (Å²) in [6.07, 6.45) is 14.5. The van der Waals surface area contributed by atoms with Gasteiger partial charge in [0, 0.05) is 24.5 Å². The van der Waals surface area contributed by atoms with Crippen molar-refractivity contribution < 1.29 is 19.5 Å². The van der Waals surface area contributed by atoms with Crippen LogP contribution in [0.4, 0.5) is 0 Å². The van der Waals surface area contributed by atoms with Crippen LogP contribution in [0.5, 0.6) is 0 Å². The fourth-order valence-electron chi connectivity index (χ4n) is 14.3. The number of hydrogen-bond acceptors (Lipinski definition) is 4. The standard InChI is InChI=1S/C49H69ClN2O4/c1-30(2)41-38(53)29-49(44(56)52(28-27-51(9)10)31(3)32-15-17-35(50)18-16-32)26-25-47(7)37(42(41)49)19-20-40-46(6)23-21-36(33-11-13-34(14-12-33)43(54)55)45(4,5)39(46)22-24-48(40,47)8/h11,15-18,21,30-31,34,37,39-40H,12-14,19-20,22-29H2,1-10H3,(H,54,55)/t31-,34?,37-,39+,40-,46+,47-,48-,49-/m1/s1. The summed E-state index contributed by atoms with van der Waals surface area (Å²) in [6.45, 7) is 20.5. The summed E-state index contributed by atoms with van der Waals surface area (Å²) < 4.78 is 0. The molecule has 6 aliphatic carbocycles. The second-order valence-electron chi connectivity index (χ2n) is 20.9. The highest BCUT2D eigenvalue weighted by Gasteiger charge is 2.70. The van der Waals surface area contributed by atoms with E-state index in [1.54, 1.807) is 0 Å². The molecule has 3 saturated carbocycles. The number of aliphatic carboxylic acids is 1. The summed E-state index contributed by atoms with van der Waals surface area (Å²) in [5, 5.41) is 10.3. The molecule has 0 radical (unpaired) electrons. The van der Waals surface area contributed by atoms with Crippen LogP contribution < -0.4 is 0 Å². The zero-order chi connectivity index (χ0) is 40.7. The molecule has 7 rings (SSSR count). The number of rotatable bonds is 9. The number of fused-ring (bicyclic) bond motifs is 7. The first-order chi connectivity index (χ1) is 26.2. The van der Waals surface area contributed by atoms with E-state index in [1.165, 1.54) is 16.7 Å². The number of nitrogens with zero attached hydrogens (tertiary/aromatic N) is 2. The van der Waals surface area contributed by atoms with Crippen molar-refractivity contribution in [2.24, 2.45) is 56.7 Å². The van der Waals surface area contributed by atoms with Gasteiger partial charge in [0.25, 0.3) is 0 Å². The number of carbonyl (C=O) groups is 3. The SMILES string of the molecule is CC(C)C1=C2[C@H]3CC[C@@H]4[C@@]5(C)CC=C(C6=CCC(C(=O)O)CC6)C(C)(C)[C@@H]5CC[C@@]4(C)[C@]3(C)CC[C@@]2(C(=O)N(CCN(C)C)[C@H](C)c2ccc(Cl)cc2)CC1=O. The Balaban J connectivity index is 1.25. The molecule has 9 atom stereocenters. The molecule has 56 heavy (non-hydrogen) atoms. The third-order valence-electron chi connectivity index (χ3n) is 17.4. The lowest BCUT2D eigenvalue weighted by Crippen LogP contribution is -2.65. The number of carboxylic acid groups (broad SMARTS) is 1. The monoisotopic (exact) mass is 784 g/mol. The zero-order valence-corrected chi connectivity index (χ0v) is 36.8. The fourth-order valence-corrected chi connectivity index (χ4v) is 14.4. The Labute approximate surface area is 342 Å². The van der Waals surface area contributed by atoms with Crippen molar-refractivity contribution >= 4 is 29.3 Å². The molecule has 1 unspecified atom stereocenters. The predicted octanol–water partition coefficient (Wildman–Crippen LogP) is 11.1. The van der Waals surface area contributed by atoms with Gasteiger partial charge in [-0.3, -0.25) is 14.4 Å². The van der Waals surface area contributed by atoms with Crippen molar-refractivity contribution in [3.63, 3.8) is 0 Å². The maximum Gasteiger partial charge on any atom is 0.306 e. The molecule has 0 heterocycles. The van der Waals surface area contributed by atoms with E-state index in [2.05, 4.69) is 91.4 Å².